The first-order chi connectivity index (χ1) is 18.8. The zero-order chi connectivity index (χ0) is 28.2. The molecule has 1 aliphatic rings. The second kappa shape index (κ2) is 14.8. The Labute approximate surface area is 229 Å². The summed E-state index contributed by atoms with van der Waals surface area (Å²) in [6, 6.07) is 21.5. The van der Waals surface area contributed by atoms with Gasteiger partial charge in [0, 0.05) is 31.0 Å². The molecule has 39 heavy (non-hydrogen) atoms. The van der Waals surface area contributed by atoms with E-state index >= 15 is 0 Å². The molecule has 204 valence electrons. The quantitative estimate of drug-likeness (QED) is 0.117. The molecule has 1 saturated heterocycles. The van der Waals surface area contributed by atoms with Crippen LogP contribution in [0.5, 0.6) is 0 Å². The minimum Gasteiger partial charge on any atom is -0.493 e. The van der Waals surface area contributed by atoms with Crippen molar-refractivity contribution in [3.8, 4) is 0 Å². The highest BCUT2D eigenvalue weighted by Gasteiger charge is 2.44. The van der Waals surface area contributed by atoms with Crippen LogP contribution >= 0.6 is 0 Å². The molecule has 0 aromatic heterocycles. The van der Waals surface area contributed by atoms with Gasteiger partial charge in [0.1, 0.15) is 18.2 Å². The van der Waals surface area contributed by atoms with Crippen LogP contribution in [-0.2, 0) is 16.1 Å². The number of benzene rings is 3. The lowest BCUT2D eigenvalue weighted by atomic mass is 9.82. The molecule has 1 aliphatic heterocycles. The Morgan fingerprint density at radius 2 is 1.56 bits per heavy atom. The third kappa shape index (κ3) is 8.47. The summed E-state index contributed by atoms with van der Waals surface area (Å²) in [4.78, 5) is 26.1. The SMILES string of the molecule is C/C=C\C=C(/CC)OCc1ccccc1.CC1C(c2ccc(F)cc2)C(=O)N1CCC(=O)c1ccc(F)cc1. The Morgan fingerprint density at radius 1 is 0.949 bits per heavy atom. The number of nitrogens with zero attached hydrogens (tertiary/aromatic N) is 1. The number of amides is 1. The molecule has 0 N–H and O–H groups in total. The van der Waals surface area contributed by atoms with Crippen LogP contribution in [0.3, 0.4) is 0 Å². The molecule has 0 aliphatic carbocycles. The zero-order valence-corrected chi connectivity index (χ0v) is 22.6. The molecule has 0 radical (unpaired) electrons. The van der Waals surface area contributed by atoms with Gasteiger partial charge in [0.25, 0.3) is 0 Å². The summed E-state index contributed by atoms with van der Waals surface area (Å²) in [5.41, 5.74) is 2.43. The second-order valence-electron chi connectivity index (χ2n) is 9.27. The average molecular weight is 532 g/mol. The zero-order valence-electron chi connectivity index (χ0n) is 22.6. The summed E-state index contributed by atoms with van der Waals surface area (Å²) in [5, 5.41) is 0. The van der Waals surface area contributed by atoms with Gasteiger partial charge >= 0.3 is 0 Å². The third-order valence-electron chi connectivity index (χ3n) is 6.59. The van der Waals surface area contributed by atoms with Gasteiger partial charge < -0.3 is 9.64 Å². The molecule has 6 heteroatoms. The highest BCUT2D eigenvalue weighted by atomic mass is 19.1. The van der Waals surface area contributed by atoms with E-state index in [9.17, 15) is 18.4 Å². The summed E-state index contributed by atoms with van der Waals surface area (Å²) in [5.74, 6) is -0.162. The highest BCUT2D eigenvalue weighted by Crippen LogP contribution is 2.35. The number of ether oxygens (including phenoxy) is 1. The number of carbonyl (C=O) groups excluding carboxylic acids is 2. The fraction of sp³-hybridized carbons (Fsp3) is 0.273. The van der Waals surface area contributed by atoms with Crippen LogP contribution in [0.25, 0.3) is 0 Å². The fourth-order valence-electron chi connectivity index (χ4n) is 4.31. The maximum absolute atomic E-state index is 13.0. The summed E-state index contributed by atoms with van der Waals surface area (Å²) >= 11 is 0. The topological polar surface area (TPSA) is 46.6 Å². The predicted molar refractivity (Wildman–Crippen MR) is 150 cm³/mol. The molecule has 4 nitrogen and oxygen atoms in total. The minimum atomic E-state index is -0.389. The van der Waals surface area contributed by atoms with Crippen molar-refractivity contribution < 1.29 is 23.1 Å². The standard InChI is InChI=1S/C19H17F2NO2.C14H18O/c1-12-18(14-4-8-16(21)9-5-14)19(24)22(12)11-10-17(23)13-2-6-15(20)7-3-13;1-3-5-11-14(4-2)15-12-13-9-7-6-8-10-13/h2-9,12,18H,10-11H2,1H3;3,5-11H,4,12H2,1-2H3/b;5-3-,14-11+. The molecule has 1 amide bonds. The number of hydrogen-bond acceptors (Lipinski definition) is 3. The maximum Gasteiger partial charge on any atom is 0.232 e. The van der Waals surface area contributed by atoms with Crippen molar-refractivity contribution in [2.45, 2.75) is 52.2 Å². The van der Waals surface area contributed by atoms with Gasteiger partial charge in [-0.2, -0.15) is 0 Å². The van der Waals surface area contributed by atoms with Crippen LogP contribution in [0.4, 0.5) is 8.78 Å². The van der Waals surface area contributed by atoms with Crippen molar-refractivity contribution in [3.63, 3.8) is 0 Å². The molecule has 0 spiro atoms. The van der Waals surface area contributed by atoms with E-state index in [1.54, 1.807) is 17.0 Å². The molecule has 0 bridgehead atoms. The number of ketones is 1. The molecule has 3 aromatic carbocycles. The second-order valence-corrected chi connectivity index (χ2v) is 9.27. The van der Waals surface area contributed by atoms with Crippen molar-refractivity contribution >= 4 is 11.7 Å². The van der Waals surface area contributed by atoms with Crippen LogP contribution < -0.4 is 0 Å². The van der Waals surface area contributed by atoms with Crippen LogP contribution in [0.15, 0.2) is 103 Å². The van der Waals surface area contributed by atoms with Crippen molar-refractivity contribution in [1.82, 2.24) is 4.90 Å². The number of likely N-dealkylation sites (tertiary alicyclic amines) is 1. The number of halogens is 2. The summed E-state index contributed by atoms with van der Waals surface area (Å²) in [6.07, 6.45) is 7.14. The monoisotopic (exact) mass is 531 g/mol. The Morgan fingerprint density at radius 3 is 2.13 bits per heavy atom. The molecular formula is C33H35F2NO3. The van der Waals surface area contributed by atoms with Crippen LogP contribution in [0, 0.1) is 11.6 Å². The first kappa shape index (κ1) is 29.5. The van der Waals surface area contributed by atoms with Gasteiger partial charge in [-0.05, 0) is 67.4 Å². The van der Waals surface area contributed by atoms with Gasteiger partial charge in [0.15, 0.2) is 5.78 Å². The van der Waals surface area contributed by atoms with Crippen molar-refractivity contribution in [1.29, 1.82) is 0 Å². The van der Waals surface area contributed by atoms with Crippen molar-refractivity contribution in [3.05, 3.63) is 131 Å². The molecule has 2 atom stereocenters. The maximum atomic E-state index is 13.0. The average Bonchev–Trinajstić information content (AvgIpc) is 2.95. The molecule has 0 saturated carbocycles. The van der Waals surface area contributed by atoms with Gasteiger partial charge in [-0.1, -0.05) is 61.5 Å². The van der Waals surface area contributed by atoms with E-state index in [2.05, 4.69) is 19.1 Å². The predicted octanol–water partition coefficient (Wildman–Crippen LogP) is 7.63. The third-order valence-corrected chi connectivity index (χ3v) is 6.59. The van der Waals surface area contributed by atoms with E-state index < -0.39 is 0 Å². The summed E-state index contributed by atoms with van der Waals surface area (Å²) in [7, 11) is 0. The Balaban J connectivity index is 0.000000242. The number of hydrogen-bond donors (Lipinski definition) is 0. The van der Waals surface area contributed by atoms with Gasteiger partial charge in [0.2, 0.25) is 5.91 Å². The van der Waals surface area contributed by atoms with E-state index in [0.29, 0.717) is 18.7 Å². The van der Waals surface area contributed by atoms with Crippen LogP contribution in [0.2, 0.25) is 0 Å². The van der Waals surface area contributed by atoms with E-state index in [0.717, 1.165) is 17.7 Å². The van der Waals surface area contributed by atoms with Gasteiger partial charge in [-0.3, -0.25) is 9.59 Å². The van der Waals surface area contributed by atoms with Crippen LogP contribution in [0.1, 0.15) is 61.0 Å². The minimum absolute atomic E-state index is 0.0380. The lowest BCUT2D eigenvalue weighted by Gasteiger charge is -2.45. The largest absolute Gasteiger partial charge is 0.493 e. The van der Waals surface area contributed by atoms with E-state index in [1.165, 1.54) is 42.0 Å². The van der Waals surface area contributed by atoms with E-state index in [1.807, 2.05) is 50.3 Å². The molecular weight excluding hydrogens is 496 g/mol. The first-order valence-electron chi connectivity index (χ1n) is 13.2. The Bertz CT molecular complexity index is 1270. The van der Waals surface area contributed by atoms with Crippen molar-refractivity contribution in [2.24, 2.45) is 0 Å². The molecule has 3 aromatic rings. The highest BCUT2D eigenvalue weighted by molar-refractivity contribution is 5.97. The van der Waals surface area contributed by atoms with Gasteiger partial charge in [-0.25, -0.2) is 8.78 Å². The smallest absolute Gasteiger partial charge is 0.232 e. The Hall–Kier alpha value is -4.06. The Kier molecular flexibility index (Phi) is 11.2. The van der Waals surface area contributed by atoms with Crippen LogP contribution in [-0.4, -0.2) is 29.2 Å². The summed E-state index contributed by atoms with van der Waals surface area (Å²) in [6.45, 7) is 6.99. The number of Topliss-reactive ketones (excluding diaryl/α,β-unsaturated/α-hetero) is 1. The number of rotatable bonds is 10. The molecule has 4 rings (SSSR count). The number of allylic oxidation sites excluding steroid dienone is 4. The lowest BCUT2D eigenvalue weighted by Crippen LogP contribution is -2.58. The molecule has 1 heterocycles. The molecule has 2 unspecified atom stereocenters. The van der Waals surface area contributed by atoms with Crippen molar-refractivity contribution in [2.75, 3.05) is 6.54 Å². The fourth-order valence-corrected chi connectivity index (χ4v) is 4.31. The van der Waals surface area contributed by atoms with Gasteiger partial charge in [0.05, 0.1) is 11.7 Å². The lowest BCUT2D eigenvalue weighted by molar-refractivity contribution is -0.148. The number of β-lactam (4-membered cyclic amide) rings is 1. The first-order valence-corrected chi connectivity index (χ1v) is 13.2. The van der Waals surface area contributed by atoms with E-state index in [-0.39, 0.29) is 41.7 Å². The number of carbonyl (C=O) groups is 2. The normalized spacial score (nSPS) is 16.9. The van der Waals surface area contributed by atoms with Gasteiger partial charge in [-0.15, -0.1) is 0 Å². The molecule has 1 fully saturated rings. The summed E-state index contributed by atoms with van der Waals surface area (Å²) < 4.78 is 31.5. The van der Waals surface area contributed by atoms with E-state index in [4.69, 9.17) is 4.74 Å².